The summed E-state index contributed by atoms with van der Waals surface area (Å²) < 4.78 is 18.9. The number of carbonyl (C=O) groups is 1. The fraction of sp³-hybridized carbons (Fsp3) is 0.522. The van der Waals surface area contributed by atoms with Crippen LogP contribution in [0.15, 0.2) is 34.6 Å². The van der Waals surface area contributed by atoms with Crippen molar-refractivity contribution in [1.29, 1.82) is 0 Å². The van der Waals surface area contributed by atoms with Gasteiger partial charge < -0.3 is 19.5 Å². The highest BCUT2D eigenvalue weighted by atomic mass is 32.2. The van der Waals surface area contributed by atoms with Gasteiger partial charge in [0.25, 0.3) is 0 Å². The van der Waals surface area contributed by atoms with Crippen LogP contribution in [0.2, 0.25) is 0 Å². The van der Waals surface area contributed by atoms with E-state index >= 15 is 0 Å². The first kappa shape index (κ1) is 24.0. The van der Waals surface area contributed by atoms with Crippen LogP contribution in [0.5, 0.6) is 11.5 Å². The van der Waals surface area contributed by atoms with E-state index in [1.54, 1.807) is 16.4 Å². The van der Waals surface area contributed by atoms with E-state index in [4.69, 9.17) is 14.2 Å². The molecule has 0 aliphatic carbocycles. The van der Waals surface area contributed by atoms with Gasteiger partial charge in [-0.2, -0.15) is 4.98 Å². The molecule has 1 aromatic heterocycles. The van der Waals surface area contributed by atoms with Gasteiger partial charge >= 0.3 is 5.97 Å². The lowest BCUT2D eigenvalue weighted by atomic mass is 9.95. The molecule has 1 aliphatic heterocycles. The second kappa shape index (κ2) is 11.3. The van der Waals surface area contributed by atoms with Crippen LogP contribution in [0.3, 0.4) is 0 Å². The van der Waals surface area contributed by atoms with Crippen molar-refractivity contribution in [3.05, 3.63) is 35.0 Å². The average Bonchev–Trinajstić information content (AvgIpc) is 3.16. The van der Waals surface area contributed by atoms with E-state index in [0.717, 1.165) is 24.2 Å². The fourth-order valence-corrected chi connectivity index (χ4v) is 4.07. The highest BCUT2D eigenvalue weighted by Crippen LogP contribution is 2.40. The number of carbonyl (C=O) groups excluding carboxylic acids is 1. The van der Waals surface area contributed by atoms with Crippen LogP contribution in [-0.2, 0) is 9.53 Å². The summed E-state index contributed by atoms with van der Waals surface area (Å²) in [6, 6.07) is 5.23. The van der Waals surface area contributed by atoms with E-state index in [-0.39, 0.29) is 5.97 Å². The molecule has 3 rings (SSSR count). The molecular weight excluding hydrogens is 428 g/mol. The van der Waals surface area contributed by atoms with Crippen molar-refractivity contribution in [2.24, 2.45) is 0 Å². The molecule has 1 unspecified atom stereocenters. The summed E-state index contributed by atoms with van der Waals surface area (Å²) in [6.45, 7) is 11.3. The lowest BCUT2D eigenvalue weighted by molar-refractivity contribution is -0.139. The Morgan fingerprint density at radius 3 is 2.59 bits per heavy atom. The largest absolute Gasteiger partial charge is 0.490 e. The Bertz CT molecular complexity index is 973. The van der Waals surface area contributed by atoms with E-state index in [1.807, 2.05) is 39.0 Å². The Balaban J connectivity index is 2.09. The molecule has 0 bridgehead atoms. The third kappa shape index (κ3) is 5.20. The number of hydrogen-bond acceptors (Lipinski definition) is 8. The molecule has 2 heterocycles. The maximum absolute atomic E-state index is 13.1. The fourth-order valence-electron chi connectivity index (χ4n) is 3.52. The number of nitrogens with one attached hydrogen (secondary N) is 1. The monoisotopic (exact) mass is 460 g/mol. The lowest BCUT2D eigenvalue weighted by Crippen LogP contribution is -2.30. The number of allylic oxidation sites excluding steroid dienone is 1. The number of benzene rings is 1. The van der Waals surface area contributed by atoms with Crippen LogP contribution in [0.1, 0.15) is 59.1 Å². The van der Waals surface area contributed by atoms with Gasteiger partial charge in [0.05, 0.1) is 25.4 Å². The summed E-state index contributed by atoms with van der Waals surface area (Å²) in [6.07, 6.45) is 1.77. The molecular formula is C23H32N4O4S. The van der Waals surface area contributed by atoms with E-state index in [2.05, 4.69) is 29.2 Å². The van der Waals surface area contributed by atoms with Crippen LogP contribution in [0.25, 0.3) is 0 Å². The van der Waals surface area contributed by atoms with Crippen LogP contribution >= 0.6 is 11.8 Å². The van der Waals surface area contributed by atoms with Crippen molar-refractivity contribution in [2.45, 2.75) is 58.7 Å². The minimum absolute atomic E-state index is 0.355. The standard InChI is InChI=1S/C23H32N4O4S/c1-6-10-13-31-21(28)19-15(5)24-22-25-23(32-9-4)26-27(22)20(19)16-11-12-17(29-7-2)18(14-16)30-8-3/h11-12,14,20H,6-10,13H2,1-5H3,(H,24,25,26). The van der Waals surface area contributed by atoms with Gasteiger partial charge in [-0.05, 0) is 50.6 Å². The third-order valence-corrected chi connectivity index (χ3v) is 5.66. The maximum Gasteiger partial charge on any atom is 0.338 e. The summed E-state index contributed by atoms with van der Waals surface area (Å²) in [4.78, 5) is 17.7. The zero-order valence-corrected chi connectivity index (χ0v) is 20.3. The van der Waals surface area contributed by atoms with E-state index in [1.165, 1.54) is 0 Å². The number of anilines is 1. The molecule has 1 aromatic carbocycles. The highest BCUT2D eigenvalue weighted by Gasteiger charge is 2.35. The van der Waals surface area contributed by atoms with Gasteiger partial charge in [0, 0.05) is 5.70 Å². The second-order valence-electron chi connectivity index (χ2n) is 7.22. The molecule has 1 aliphatic rings. The predicted molar refractivity (Wildman–Crippen MR) is 126 cm³/mol. The Kier molecular flexibility index (Phi) is 8.44. The normalized spacial score (nSPS) is 15.2. The van der Waals surface area contributed by atoms with Crippen LogP contribution < -0.4 is 14.8 Å². The van der Waals surface area contributed by atoms with Crippen molar-refractivity contribution in [3.8, 4) is 11.5 Å². The quantitative estimate of drug-likeness (QED) is 0.290. The molecule has 2 aromatic rings. The van der Waals surface area contributed by atoms with Gasteiger partial charge in [0.15, 0.2) is 11.5 Å². The summed E-state index contributed by atoms with van der Waals surface area (Å²) in [5.41, 5.74) is 2.06. The molecule has 1 atom stereocenters. The van der Waals surface area contributed by atoms with Crippen LogP contribution in [0, 0.1) is 0 Å². The number of hydrogen-bond donors (Lipinski definition) is 1. The van der Waals surface area contributed by atoms with E-state index in [0.29, 0.717) is 53.7 Å². The first-order valence-corrected chi connectivity index (χ1v) is 12.2. The van der Waals surface area contributed by atoms with Gasteiger partial charge in [-0.3, -0.25) is 0 Å². The molecule has 0 saturated heterocycles. The molecule has 0 saturated carbocycles. The smallest absolute Gasteiger partial charge is 0.338 e. The van der Waals surface area contributed by atoms with Gasteiger partial charge in [-0.15, -0.1) is 5.10 Å². The summed E-state index contributed by atoms with van der Waals surface area (Å²) in [5.74, 6) is 2.39. The molecule has 0 amide bonds. The average molecular weight is 461 g/mol. The summed E-state index contributed by atoms with van der Waals surface area (Å²) >= 11 is 1.55. The molecule has 32 heavy (non-hydrogen) atoms. The van der Waals surface area contributed by atoms with E-state index in [9.17, 15) is 4.79 Å². The zero-order valence-electron chi connectivity index (χ0n) is 19.4. The first-order chi connectivity index (χ1) is 15.5. The Hall–Kier alpha value is -2.68. The number of unbranched alkanes of at least 4 members (excludes halogenated alkanes) is 1. The van der Waals surface area contributed by atoms with Crippen molar-refractivity contribution < 1.29 is 19.0 Å². The van der Waals surface area contributed by atoms with Gasteiger partial charge in [-0.1, -0.05) is 38.1 Å². The van der Waals surface area contributed by atoms with Gasteiger partial charge in [-0.25, -0.2) is 9.48 Å². The molecule has 8 nitrogen and oxygen atoms in total. The molecule has 0 radical (unpaired) electrons. The Morgan fingerprint density at radius 2 is 1.91 bits per heavy atom. The molecule has 0 spiro atoms. The minimum Gasteiger partial charge on any atom is -0.490 e. The Labute approximate surface area is 193 Å². The number of rotatable bonds is 11. The van der Waals surface area contributed by atoms with Crippen molar-refractivity contribution in [2.75, 3.05) is 30.9 Å². The van der Waals surface area contributed by atoms with Crippen molar-refractivity contribution in [1.82, 2.24) is 14.8 Å². The minimum atomic E-state index is -0.492. The molecule has 1 N–H and O–H groups in total. The number of fused-ring (bicyclic) bond motifs is 1. The summed E-state index contributed by atoms with van der Waals surface area (Å²) in [7, 11) is 0. The highest BCUT2D eigenvalue weighted by molar-refractivity contribution is 7.99. The predicted octanol–water partition coefficient (Wildman–Crippen LogP) is 4.82. The number of nitrogens with zero attached hydrogens (tertiary/aromatic N) is 3. The van der Waals surface area contributed by atoms with Crippen LogP contribution in [0.4, 0.5) is 5.95 Å². The van der Waals surface area contributed by atoms with Crippen molar-refractivity contribution in [3.63, 3.8) is 0 Å². The maximum atomic E-state index is 13.1. The lowest BCUT2D eigenvalue weighted by Gasteiger charge is -2.28. The molecule has 0 fully saturated rings. The van der Waals surface area contributed by atoms with Crippen LogP contribution in [-0.4, -0.2) is 46.3 Å². The number of thioether (sulfide) groups is 1. The third-order valence-electron chi connectivity index (χ3n) is 4.94. The zero-order chi connectivity index (χ0) is 23.1. The molecule has 9 heteroatoms. The first-order valence-electron chi connectivity index (χ1n) is 11.2. The van der Waals surface area contributed by atoms with E-state index < -0.39 is 6.04 Å². The molecule has 174 valence electrons. The number of esters is 1. The van der Waals surface area contributed by atoms with Gasteiger partial charge in [0.2, 0.25) is 11.1 Å². The number of ether oxygens (including phenoxy) is 3. The SMILES string of the molecule is CCCCOC(=O)C1=C(C)Nc2nc(SCC)nn2C1c1ccc(OCC)c(OCC)c1. The number of aromatic nitrogens is 3. The Morgan fingerprint density at radius 1 is 1.16 bits per heavy atom. The second-order valence-corrected chi connectivity index (χ2v) is 8.45. The topological polar surface area (TPSA) is 87.5 Å². The van der Waals surface area contributed by atoms with Crippen molar-refractivity contribution >= 4 is 23.7 Å². The van der Waals surface area contributed by atoms with Gasteiger partial charge in [0.1, 0.15) is 6.04 Å². The summed E-state index contributed by atoms with van der Waals surface area (Å²) in [5, 5.41) is 8.58.